The molecule has 6 heteroatoms. The van der Waals surface area contributed by atoms with Crippen molar-refractivity contribution in [2.75, 3.05) is 31.7 Å². The number of benzene rings is 1. The highest BCUT2D eigenvalue weighted by atomic mass is 16.7. The second kappa shape index (κ2) is 7.23. The van der Waals surface area contributed by atoms with Gasteiger partial charge in [-0.2, -0.15) is 0 Å². The van der Waals surface area contributed by atoms with Gasteiger partial charge in [-0.25, -0.2) is 0 Å². The van der Waals surface area contributed by atoms with Crippen LogP contribution in [-0.2, 0) is 14.3 Å². The number of nitrogens with one attached hydrogen (secondary N) is 1. The summed E-state index contributed by atoms with van der Waals surface area (Å²) in [5.74, 6) is 0.383. The molecule has 1 amide bonds. The maximum Gasteiger partial charge on any atom is 0.221 e. The van der Waals surface area contributed by atoms with Gasteiger partial charge in [0.05, 0.1) is 19.8 Å². The van der Waals surface area contributed by atoms with Crippen LogP contribution in [0.1, 0.15) is 25.2 Å². The molecule has 1 aliphatic rings. The highest BCUT2D eigenvalue weighted by Gasteiger charge is 2.21. The molecule has 0 atom stereocenters. The number of hydrogen-bond acceptors (Lipinski definition) is 5. The van der Waals surface area contributed by atoms with E-state index in [-0.39, 0.29) is 19.1 Å². The van der Waals surface area contributed by atoms with E-state index in [1.54, 1.807) is 18.2 Å². The van der Waals surface area contributed by atoms with Crippen molar-refractivity contribution in [1.29, 1.82) is 0 Å². The molecule has 1 aromatic rings. The zero-order chi connectivity index (χ0) is 14.4. The number of aliphatic hydroxyl groups is 1. The van der Waals surface area contributed by atoms with E-state index in [0.717, 1.165) is 12.0 Å². The Kier molecular flexibility index (Phi) is 5.34. The summed E-state index contributed by atoms with van der Waals surface area (Å²) >= 11 is 0. The summed E-state index contributed by atoms with van der Waals surface area (Å²) in [7, 11) is 0. The summed E-state index contributed by atoms with van der Waals surface area (Å²) in [6.07, 6.45) is 0.400. The summed E-state index contributed by atoms with van der Waals surface area (Å²) in [5.41, 5.74) is 1.39. The summed E-state index contributed by atoms with van der Waals surface area (Å²) in [6, 6.07) is 5.27. The molecule has 0 radical (unpaired) electrons. The van der Waals surface area contributed by atoms with Gasteiger partial charge in [0.25, 0.3) is 0 Å². The largest absolute Gasteiger partial charge is 0.491 e. The third-order valence-electron chi connectivity index (χ3n) is 2.76. The minimum Gasteiger partial charge on any atom is -0.491 e. The number of anilines is 1. The normalized spacial score (nSPS) is 15.9. The zero-order valence-corrected chi connectivity index (χ0v) is 11.4. The van der Waals surface area contributed by atoms with E-state index in [1.165, 1.54) is 6.92 Å². The number of carbonyl (C=O) groups excluding carboxylic acids is 1. The van der Waals surface area contributed by atoms with Gasteiger partial charge in [0, 0.05) is 24.2 Å². The monoisotopic (exact) mass is 281 g/mol. The molecule has 1 aliphatic heterocycles. The average molecular weight is 281 g/mol. The lowest BCUT2D eigenvalue weighted by molar-refractivity contribution is -0.183. The maximum atomic E-state index is 11.1. The van der Waals surface area contributed by atoms with Crippen LogP contribution in [0.15, 0.2) is 18.2 Å². The van der Waals surface area contributed by atoms with E-state index in [0.29, 0.717) is 24.7 Å². The lowest BCUT2D eigenvalue weighted by atomic mass is 10.1. The highest BCUT2D eigenvalue weighted by Crippen LogP contribution is 2.33. The predicted octanol–water partition coefficient (Wildman–Crippen LogP) is 1.45. The molecule has 0 spiro atoms. The molecule has 0 aromatic heterocycles. The molecule has 1 aromatic carbocycles. The minimum absolute atomic E-state index is 0.0871. The molecule has 20 heavy (non-hydrogen) atoms. The smallest absolute Gasteiger partial charge is 0.221 e. The number of ether oxygens (including phenoxy) is 3. The van der Waals surface area contributed by atoms with Crippen molar-refractivity contribution in [2.24, 2.45) is 0 Å². The van der Waals surface area contributed by atoms with E-state index >= 15 is 0 Å². The van der Waals surface area contributed by atoms with Gasteiger partial charge in [-0.3, -0.25) is 4.79 Å². The van der Waals surface area contributed by atoms with Gasteiger partial charge >= 0.3 is 0 Å². The fraction of sp³-hybridized carbons (Fsp3) is 0.500. The van der Waals surface area contributed by atoms with Crippen LogP contribution in [-0.4, -0.2) is 37.4 Å². The predicted molar refractivity (Wildman–Crippen MR) is 72.6 cm³/mol. The number of carbonyl (C=O) groups is 1. The van der Waals surface area contributed by atoms with E-state index in [2.05, 4.69) is 5.32 Å². The van der Waals surface area contributed by atoms with E-state index in [4.69, 9.17) is 19.3 Å². The van der Waals surface area contributed by atoms with Crippen molar-refractivity contribution in [1.82, 2.24) is 0 Å². The molecule has 6 nitrogen and oxygen atoms in total. The molecule has 110 valence electrons. The van der Waals surface area contributed by atoms with Crippen LogP contribution in [0, 0.1) is 0 Å². The fourth-order valence-corrected chi connectivity index (χ4v) is 1.96. The molecular formula is C14H19NO5. The molecule has 0 saturated carbocycles. The summed E-state index contributed by atoms with van der Waals surface area (Å²) in [6.45, 7) is 2.80. The van der Waals surface area contributed by atoms with Gasteiger partial charge in [-0.15, -0.1) is 0 Å². The van der Waals surface area contributed by atoms with Crippen molar-refractivity contribution in [2.45, 2.75) is 19.6 Å². The average Bonchev–Trinajstić information content (AvgIpc) is 2.45. The zero-order valence-electron chi connectivity index (χ0n) is 11.4. The Hall–Kier alpha value is -1.63. The van der Waals surface area contributed by atoms with E-state index in [9.17, 15) is 4.79 Å². The SMILES string of the molecule is CC(=O)Nc1ccc(C2OCCCO2)c(OCCO)c1. The number of aliphatic hydroxyl groups excluding tert-OH is 1. The molecule has 0 unspecified atom stereocenters. The van der Waals surface area contributed by atoms with Gasteiger partial charge < -0.3 is 24.6 Å². The third kappa shape index (κ3) is 3.93. The second-order valence-corrected chi connectivity index (χ2v) is 4.43. The summed E-state index contributed by atoms with van der Waals surface area (Å²) in [5, 5.41) is 11.6. The molecular weight excluding hydrogens is 262 g/mol. The molecule has 2 rings (SSSR count). The van der Waals surface area contributed by atoms with Gasteiger partial charge in [-0.05, 0) is 18.6 Å². The van der Waals surface area contributed by atoms with Crippen molar-refractivity contribution < 1.29 is 24.1 Å². The van der Waals surface area contributed by atoms with E-state index < -0.39 is 6.29 Å². The van der Waals surface area contributed by atoms with Crippen LogP contribution < -0.4 is 10.1 Å². The Balaban J connectivity index is 2.21. The maximum absolute atomic E-state index is 11.1. The number of hydrogen-bond donors (Lipinski definition) is 2. The standard InChI is InChI=1S/C14H19NO5/c1-10(17)15-11-3-4-12(13(9-11)18-8-5-16)14-19-6-2-7-20-14/h3-4,9,14,16H,2,5-8H2,1H3,(H,15,17). The molecule has 1 fully saturated rings. The van der Waals surface area contributed by atoms with Crippen molar-refractivity contribution >= 4 is 11.6 Å². The molecule has 1 saturated heterocycles. The quantitative estimate of drug-likeness (QED) is 0.854. The van der Waals surface area contributed by atoms with E-state index in [1.807, 2.05) is 0 Å². The molecule has 0 aliphatic carbocycles. The van der Waals surface area contributed by atoms with Crippen LogP contribution in [0.4, 0.5) is 5.69 Å². The van der Waals surface area contributed by atoms with Crippen molar-refractivity contribution in [3.63, 3.8) is 0 Å². The Morgan fingerprint density at radius 1 is 1.45 bits per heavy atom. The lowest BCUT2D eigenvalue weighted by Crippen LogP contribution is -2.19. The first-order chi connectivity index (χ1) is 9.70. The summed E-state index contributed by atoms with van der Waals surface area (Å²) < 4.78 is 16.6. The Labute approximate surface area is 117 Å². The molecule has 0 bridgehead atoms. The van der Waals surface area contributed by atoms with Crippen LogP contribution >= 0.6 is 0 Å². The topological polar surface area (TPSA) is 77.0 Å². The third-order valence-corrected chi connectivity index (χ3v) is 2.76. The number of rotatable bonds is 5. The van der Waals surface area contributed by atoms with Crippen LogP contribution in [0.5, 0.6) is 5.75 Å². The highest BCUT2D eigenvalue weighted by molar-refractivity contribution is 5.88. The van der Waals surface area contributed by atoms with Crippen LogP contribution in [0.25, 0.3) is 0 Å². The van der Waals surface area contributed by atoms with Crippen LogP contribution in [0.3, 0.4) is 0 Å². The first kappa shape index (κ1) is 14.8. The Morgan fingerprint density at radius 3 is 2.85 bits per heavy atom. The van der Waals surface area contributed by atoms with Gasteiger partial charge in [-0.1, -0.05) is 0 Å². The Bertz CT molecular complexity index is 457. The first-order valence-electron chi connectivity index (χ1n) is 6.59. The van der Waals surface area contributed by atoms with Gasteiger partial charge in [0.2, 0.25) is 5.91 Å². The fourth-order valence-electron chi connectivity index (χ4n) is 1.96. The molecule has 1 heterocycles. The Morgan fingerprint density at radius 2 is 2.20 bits per heavy atom. The van der Waals surface area contributed by atoms with Crippen molar-refractivity contribution in [3.8, 4) is 5.75 Å². The van der Waals surface area contributed by atoms with Gasteiger partial charge in [0.15, 0.2) is 6.29 Å². The molecule has 2 N–H and O–H groups in total. The minimum atomic E-state index is -0.469. The number of amides is 1. The van der Waals surface area contributed by atoms with Crippen LogP contribution in [0.2, 0.25) is 0 Å². The summed E-state index contributed by atoms with van der Waals surface area (Å²) in [4.78, 5) is 11.1. The second-order valence-electron chi connectivity index (χ2n) is 4.43. The first-order valence-corrected chi connectivity index (χ1v) is 6.59. The van der Waals surface area contributed by atoms with Gasteiger partial charge in [0.1, 0.15) is 12.4 Å². The van der Waals surface area contributed by atoms with Crippen molar-refractivity contribution in [3.05, 3.63) is 23.8 Å². The lowest BCUT2D eigenvalue weighted by Gasteiger charge is -2.25.